The van der Waals surface area contributed by atoms with Crippen LogP contribution in [0.4, 0.5) is 18.4 Å². The van der Waals surface area contributed by atoms with Crippen LogP contribution >= 0.6 is 0 Å². The van der Waals surface area contributed by atoms with Crippen LogP contribution in [0.2, 0.25) is 0 Å². The van der Waals surface area contributed by atoms with Crippen molar-refractivity contribution in [1.29, 1.82) is 0 Å². The van der Waals surface area contributed by atoms with Crippen LogP contribution in [0.15, 0.2) is 0 Å². The van der Waals surface area contributed by atoms with E-state index in [-0.39, 0.29) is 30.8 Å². The molecule has 3 N–H and O–H groups in total. The Morgan fingerprint density at radius 2 is 1.68 bits per heavy atom. The Morgan fingerprint density at radius 1 is 1.12 bits per heavy atom. The Labute approximate surface area is 145 Å². The number of imide groups is 1. The van der Waals surface area contributed by atoms with Gasteiger partial charge in [0.1, 0.15) is 0 Å². The third-order valence-corrected chi connectivity index (χ3v) is 5.43. The van der Waals surface area contributed by atoms with Gasteiger partial charge in [-0.25, -0.2) is 23.3 Å². The van der Waals surface area contributed by atoms with E-state index in [0.29, 0.717) is 38.9 Å². The van der Waals surface area contributed by atoms with Crippen LogP contribution in [0.25, 0.3) is 0 Å². The number of halogens is 2. The summed E-state index contributed by atoms with van der Waals surface area (Å²) in [5.74, 6) is -2.46. The predicted molar refractivity (Wildman–Crippen MR) is 86.0 cm³/mol. The van der Waals surface area contributed by atoms with Crippen molar-refractivity contribution in [3.63, 3.8) is 0 Å². The van der Waals surface area contributed by atoms with Gasteiger partial charge in [-0.2, -0.15) is 0 Å². The summed E-state index contributed by atoms with van der Waals surface area (Å²) in [6.07, 6.45) is 1.23. The largest absolute Gasteiger partial charge is 0.381 e. The first-order valence-corrected chi connectivity index (χ1v) is 8.97. The van der Waals surface area contributed by atoms with Crippen molar-refractivity contribution >= 4 is 12.1 Å². The van der Waals surface area contributed by atoms with E-state index in [1.165, 1.54) is 4.90 Å². The zero-order chi connectivity index (χ0) is 18.0. The molecular weight excluding hydrogens is 334 g/mol. The second kappa shape index (κ2) is 7.41. The molecule has 0 radical (unpaired) electrons. The lowest BCUT2D eigenvalue weighted by Crippen LogP contribution is -2.71. The van der Waals surface area contributed by atoms with Crippen molar-refractivity contribution in [2.45, 2.75) is 69.7 Å². The highest BCUT2D eigenvalue weighted by Crippen LogP contribution is 2.37. The summed E-state index contributed by atoms with van der Waals surface area (Å²) in [7, 11) is 0. The molecule has 1 saturated carbocycles. The molecule has 1 aliphatic carbocycles. The number of nitrogens with one attached hydrogen (secondary N) is 3. The molecule has 0 spiro atoms. The molecule has 25 heavy (non-hydrogen) atoms. The number of amides is 4. The Kier molecular flexibility index (Phi) is 5.43. The van der Waals surface area contributed by atoms with E-state index in [1.54, 1.807) is 0 Å². The van der Waals surface area contributed by atoms with E-state index in [1.807, 2.05) is 6.92 Å². The number of carbonyl (C=O) groups excluding carboxylic acids is 2. The van der Waals surface area contributed by atoms with Gasteiger partial charge in [0.05, 0.1) is 0 Å². The van der Waals surface area contributed by atoms with Gasteiger partial charge in [-0.15, -0.1) is 0 Å². The summed E-state index contributed by atoms with van der Waals surface area (Å²) < 4.78 is 31.8. The maximum Gasteiger partial charge on any atom is 0.328 e. The molecule has 3 aliphatic rings. The van der Waals surface area contributed by atoms with Gasteiger partial charge in [0.15, 0.2) is 6.29 Å². The van der Waals surface area contributed by atoms with E-state index in [2.05, 4.69) is 16.0 Å². The van der Waals surface area contributed by atoms with Crippen molar-refractivity contribution < 1.29 is 23.1 Å². The van der Waals surface area contributed by atoms with Crippen molar-refractivity contribution in [3.8, 4) is 0 Å². The third-order valence-electron chi connectivity index (χ3n) is 5.43. The molecule has 2 saturated heterocycles. The topological polar surface area (TPSA) is 82.7 Å². The second-order valence-corrected chi connectivity index (χ2v) is 7.19. The zero-order valence-electron chi connectivity index (χ0n) is 14.4. The standard InChI is InChI=1S/C16H26F2N4O3/c1-10(11-2-6-16(17,18)7-3-11)19-13-20-14(23)22(15(24)21-13)12-4-8-25-9-5-12/h10-13,19H,2-9H2,1H3,(H,20,23)(H,21,24). The predicted octanol–water partition coefficient (Wildman–Crippen LogP) is 1.99. The fraction of sp³-hybridized carbons (Fsp3) is 0.875. The van der Waals surface area contributed by atoms with Crippen LogP contribution in [0.3, 0.4) is 0 Å². The van der Waals surface area contributed by atoms with Crippen LogP contribution in [0, 0.1) is 5.92 Å². The summed E-state index contributed by atoms with van der Waals surface area (Å²) >= 11 is 0. The average molecular weight is 360 g/mol. The highest BCUT2D eigenvalue weighted by Gasteiger charge is 2.40. The quantitative estimate of drug-likeness (QED) is 0.716. The summed E-state index contributed by atoms with van der Waals surface area (Å²) in [5, 5.41) is 8.61. The molecule has 142 valence electrons. The Balaban J connectivity index is 1.51. The van der Waals surface area contributed by atoms with E-state index >= 15 is 0 Å². The lowest BCUT2D eigenvalue weighted by molar-refractivity contribution is -0.0494. The Bertz CT molecular complexity index is 486. The highest BCUT2D eigenvalue weighted by atomic mass is 19.3. The van der Waals surface area contributed by atoms with Gasteiger partial charge < -0.3 is 15.4 Å². The van der Waals surface area contributed by atoms with Crippen molar-refractivity contribution in [2.24, 2.45) is 5.92 Å². The Hall–Kier alpha value is -1.48. The molecule has 1 unspecified atom stereocenters. The molecular formula is C16H26F2N4O3. The van der Waals surface area contributed by atoms with Gasteiger partial charge in [-0.3, -0.25) is 5.32 Å². The molecule has 0 bridgehead atoms. The van der Waals surface area contributed by atoms with Crippen LogP contribution in [-0.4, -0.2) is 54.5 Å². The number of hydrogen-bond donors (Lipinski definition) is 3. The maximum atomic E-state index is 13.3. The van der Waals surface area contributed by atoms with E-state index in [4.69, 9.17) is 4.74 Å². The van der Waals surface area contributed by atoms with E-state index < -0.39 is 24.3 Å². The Morgan fingerprint density at radius 3 is 2.24 bits per heavy atom. The normalized spacial score (nSPS) is 27.7. The summed E-state index contributed by atoms with van der Waals surface area (Å²) in [4.78, 5) is 25.9. The molecule has 0 aromatic rings. The average Bonchev–Trinajstić information content (AvgIpc) is 2.55. The molecule has 9 heteroatoms. The smallest absolute Gasteiger partial charge is 0.328 e. The highest BCUT2D eigenvalue weighted by molar-refractivity contribution is 5.96. The van der Waals surface area contributed by atoms with E-state index in [0.717, 1.165) is 0 Å². The first-order chi connectivity index (χ1) is 11.9. The van der Waals surface area contributed by atoms with Crippen molar-refractivity contribution in [1.82, 2.24) is 20.9 Å². The molecule has 1 atom stereocenters. The number of hydrogen-bond acceptors (Lipinski definition) is 4. The van der Waals surface area contributed by atoms with Gasteiger partial charge in [-0.1, -0.05) is 0 Å². The fourth-order valence-electron chi connectivity index (χ4n) is 3.83. The van der Waals surface area contributed by atoms with Gasteiger partial charge >= 0.3 is 12.1 Å². The molecule has 3 rings (SSSR count). The van der Waals surface area contributed by atoms with Crippen LogP contribution in [-0.2, 0) is 4.74 Å². The minimum absolute atomic E-state index is 0.0867. The molecule has 7 nitrogen and oxygen atoms in total. The molecule has 3 fully saturated rings. The van der Waals surface area contributed by atoms with Crippen molar-refractivity contribution in [2.75, 3.05) is 13.2 Å². The number of alkyl halides is 2. The number of nitrogens with zero attached hydrogens (tertiary/aromatic N) is 1. The molecule has 4 amide bonds. The van der Waals surface area contributed by atoms with Gasteiger partial charge in [0.25, 0.3) is 0 Å². The lowest BCUT2D eigenvalue weighted by Gasteiger charge is -2.40. The van der Waals surface area contributed by atoms with Crippen LogP contribution in [0.5, 0.6) is 0 Å². The zero-order valence-corrected chi connectivity index (χ0v) is 14.4. The van der Waals surface area contributed by atoms with Crippen molar-refractivity contribution in [3.05, 3.63) is 0 Å². The number of rotatable bonds is 4. The second-order valence-electron chi connectivity index (χ2n) is 7.19. The van der Waals surface area contributed by atoms with Crippen LogP contribution < -0.4 is 16.0 Å². The molecule has 2 aliphatic heterocycles. The summed E-state index contributed by atoms with van der Waals surface area (Å²) in [6, 6.07) is -1.12. The van der Waals surface area contributed by atoms with Gasteiger partial charge in [0.2, 0.25) is 5.92 Å². The first-order valence-electron chi connectivity index (χ1n) is 8.97. The SMILES string of the molecule is CC(NC1NC(=O)N(C2CCOCC2)C(=O)N1)C1CCC(F)(F)CC1. The minimum Gasteiger partial charge on any atom is -0.381 e. The monoisotopic (exact) mass is 360 g/mol. The molecule has 2 heterocycles. The maximum absolute atomic E-state index is 13.3. The van der Waals surface area contributed by atoms with E-state index in [9.17, 15) is 18.4 Å². The first kappa shape index (κ1) is 18.3. The fourth-order valence-corrected chi connectivity index (χ4v) is 3.83. The van der Waals surface area contributed by atoms with Crippen LogP contribution in [0.1, 0.15) is 45.4 Å². The number of urea groups is 2. The molecule has 0 aromatic heterocycles. The third kappa shape index (κ3) is 4.38. The minimum atomic E-state index is -2.56. The summed E-state index contributed by atoms with van der Waals surface area (Å²) in [6.45, 7) is 2.97. The lowest BCUT2D eigenvalue weighted by atomic mass is 9.82. The number of carbonyl (C=O) groups is 2. The summed E-state index contributed by atoms with van der Waals surface area (Å²) in [5.41, 5.74) is 0. The number of ether oxygens (including phenoxy) is 1. The van der Waals surface area contributed by atoms with Gasteiger partial charge in [0, 0.05) is 38.1 Å². The van der Waals surface area contributed by atoms with Gasteiger partial charge in [-0.05, 0) is 38.5 Å². The molecule has 0 aromatic carbocycles.